The van der Waals surface area contributed by atoms with Crippen molar-refractivity contribution in [3.63, 3.8) is 0 Å². The summed E-state index contributed by atoms with van der Waals surface area (Å²) in [5.41, 5.74) is 0.518. The van der Waals surface area contributed by atoms with Gasteiger partial charge in [0.15, 0.2) is 11.5 Å². The first kappa shape index (κ1) is 20.4. The second kappa shape index (κ2) is 9.13. The lowest BCUT2D eigenvalue weighted by atomic mass is 10.2. The molecule has 0 saturated carbocycles. The standard InChI is InChI=1S/C18H22N2O6S/c1-5-26-14-7-9-15(10-8-14)27(21,22)20-19-12-13-6-11-16(23-2)18(25-4)17(13)24-3/h6-12,20H,5H2,1-4H3/b19-12-. The fourth-order valence-electron chi connectivity index (χ4n) is 2.33. The summed E-state index contributed by atoms with van der Waals surface area (Å²) in [6, 6.07) is 9.40. The molecule has 0 aliphatic carbocycles. The SMILES string of the molecule is CCOc1ccc(S(=O)(=O)N/N=C\c2ccc(OC)c(OC)c2OC)cc1. The minimum Gasteiger partial charge on any atom is -0.494 e. The predicted molar refractivity (Wildman–Crippen MR) is 102 cm³/mol. The molecular formula is C18H22N2O6S. The molecule has 27 heavy (non-hydrogen) atoms. The van der Waals surface area contributed by atoms with Gasteiger partial charge in [0.05, 0.1) is 39.0 Å². The van der Waals surface area contributed by atoms with Crippen LogP contribution in [0.3, 0.4) is 0 Å². The van der Waals surface area contributed by atoms with Crippen molar-refractivity contribution < 1.29 is 27.4 Å². The summed E-state index contributed by atoms with van der Waals surface area (Å²) in [6.45, 7) is 2.35. The zero-order valence-corrected chi connectivity index (χ0v) is 16.4. The molecule has 0 bridgehead atoms. The van der Waals surface area contributed by atoms with E-state index in [1.54, 1.807) is 24.3 Å². The van der Waals surface area contributed by atoms with Crippen molar-refractivity contribution in [2.24, 2.45) is 5.10 Å². The van der Waals surface area contributed by atoms with Gasteiger partial charge in [-0.2, -0.15) is 13.5 Å². The topological polar surface area (TPSA) is 95.5 Å². The van der Waals surface area contributed by atoms with E-state index in [-0.39, 0.29) is 4.90 Å². The normalized spacial score (nSPS) is 11.3. The van der Waals surface area contributed by atoms with E-state index in [1.807, 2.05) is 6.92 Å². The predicted octanol–water partition coefficient (Wildman–Crippen LogP) is 2.42. The lowest BCUT2D eigenvalue weighted by molar-refractivity contribution is 0.324. The molecule has 0 radical (unpaired) electrons. The van der Waals surface area contributed by atoms with Crippen LogP contribution in [0.5, 0.6) is 23.0 Å². The summed E-state index contributed by atoms with van der Waals surface area (Å²) in [6.07, 6.45) is 1.33. The molecule has 0 unspecified atom stereocenters. The van der Waals surface area contributed by atoms with Crippen molar-refractivity contribution in [2.45, 2.75) is 11.8 Å². The summed E-state index contributed by atoms with van der Waals surface area (Å²) >= 11 is 0. The number of hydrogen-bond donors (Lipinski definition) is 1. The molecule has 9 heteroatoms. The first-order chi connectivity index (χ1) is 13.0. The van der Waals surface area contributed by atoms with Gasteiger partial charge in [-0.1, -0.05) is 0 Å². The van der Waals surface area contributed by atoms with E-state index in [9.17, 15) is 8.42 Å². The van der Waals surface area contributed by atoms with E-state index in [0.717, 1.165) is 0 Å². The Bertz CT molecular complexity index is 895. The van der Waals surface area contributed by atoms with Crippen LogP contribution in [0.4, 0.5) is 0 Å². The lowest BCUT2D eigenvalue weighted by Crippen LogP contribution is -2.18. The molecule has 0 aliphatic rings. The molecule has 0 saturated heterocycles. The molecule has 0 spiro atoms. The Morgan fingerprint density at radius 1 is 0.963 bits per heavy atom. The molecule has 146 valence electrons. The minimum absolute atomic E-state index is 0.0716. The molecule has 8 nitrogen and oxygen atoms in total. The third kappa shape index (κ3) is 4.82. The van der Waals surface area contributed by atoms with E-state index in [0.29, 0.717) is 35.2 Å². The molecule has 0 atom stereocenters. The van der Waals surface area contributed by atoms with Gasteiger partial charge in [0.25, 0.3) is 10.0 Å². The maximum Gasteiger partial charge on any atom is 0.276 e. The van der Waals surface area contributed by atoms with E-state index in [2.05, 4.69) is 9.93 Å². The summed E-state index contributed by atoms with van der Waals surface area (Å²) in [5, 5.41) is 3.82. The highest BCUT2D eigenvalue weighted by atomic mass is 32.2. The zero-order valence-electron chi connectivity index (χ0n) is 15.6. The first-order valence-corrected chi connectivity index (χ1v) is 9.51. The highest BCUT2D eigenvalue weighted by Crippen LogP contribution is 2.38. The summed E-state index contributed by atoms with van der Waals surface area (Å²) in [7, 11) is 0.653. The molecule has 2 aromatic carbocycles. The number of rotatable bonds is 9. The first-order valence-electron chi connectivity index (χ1n) is 8.03. The Balaban J connectivity index is 2.21. The molecule has 2 rings (SSSR count). The van der Waals surface area contributed by atoms with Crippen LogP contribution in [0.1, 0.15) is 12.5 Å². The fraction of sp³-hybridized carbons (Fsp3) is 0.278. The van der Waals surface area contributed by atoms with Gasteiger partial charge < -0.3 is 18.9 Å². The lowest BCUT2D eigenvalue weighted by Gasteiger charge is -2.13. The van der Waals surface area contributed by atoms with Gasteiger partial charge in [-0.3, -0.25) is 0 Å². The van der Waals surface area contributed by atoms with Gasteiger partial charge in [-0.05, 0) is 43.3 Å². The van der Waals surface area contributed by atoms with Gasteiger partial charge in [0.1, 0.15) is 5.75 Å². The highest BCUT2D eigenvalue weighted by molar-refractivity contribution is 7.89. The summed E-state index contributed by atoms with van der Waals surface area (Å²) in [5.74, 6) is 1.84. The van der Waals surface area contributed by atoms with Gasteiger partial charge >= 0.3 is 0 Å². The van der Waals surface area contributed by atoms with Crippen LogP contribution in [0.25, 0.3) is 0 Å². The smallest absolute Gasteiger partial charge is 0.276 e. The number of methoxy groups -OCH3 is 3. The third-order valence-electron chi connectivity index (χ3n) is 3.56. The molecule has 0 heterocycles. The Morgan fingerprint density at radius 2 is 1.63 bits per heavy atom. The van der Waals surface area contributed by atoms with Crippen molar-refractivity contribution in [3.05, 3.63) is 42.0 Å². The molecular weight excluding hydrogens is 372 g/mol. The molecule has 0 fully saturated rings. The quantitative estimate of drug-likeness (QED) is 0.518. The van der Waals surface area contributed by atoms with E-state index < -0.39 is 10.0 Å². The molecule has 0 amide bonds. The third-order valence-corrected chi connectivity index (χ3v) is 4.79. The number of hydrogen-bond acceptors (Lipinski definition) is 7. The van der Waals surface area contributed by atoms with Gasteiger partial charge in [0, 0.05) is 5.56 Å². The van der Waals surface area contributed by atoms with Gasteiger partial charge in [0.2, 0.25) is 5.75 Å². The monoisotopic (exact) mass is 394 g/mol. The second-order valence-electron chi connectivity index (χ2n) is 5.18. The van der Waals surface area contributed by atoms with E-state index in [1.165, 1.54) is 39.7 Å². The maximum atomic E-state index is 12.3. The Morgan fingerprint density at radius 3 is 2.19 bits per heavy atom. The zero-order chi connectivity index (χ0) is 19.9. The van der Waals surface area contributed by atoms with E-state index in [4.69, 9.17) is 18.9 Å². The average molecular weight is 394 g/mol. The van der Waals surface area contributed by atoms with Crippen LogP contribution in [0.2, 0.25) is 0 Å². The van der Waals surface area contributed by atoms with Crippen LogP contribution >= 0.6 is 0 Å². The number of nitrogens with zero attached hydrogens (tertiary/aromatic N) is 1. The van der Waals surface area contributed by atoms with Crippen LogP contribution in [-0.4, -0.2) is 42.6 Å². The summed E-state index contributed by atoms with van der Waals surface area (Å²) < 4.78 is 45.8. The van der Waals surface area contributed by atoms with Crippen LogP contribution < -0.4 is 23.8 Å². The second-order valence-corrected chi connectivity index (χ2v) is 6.84. The molecule has 2 aromatic rings. The molecule has 1 N–H and O–H groups in total. The van der Waals surface area contributed by atoms with Crippen LogP contribution in [0.15, 0.2) is 46.4 Å². The van der Waals surface area contributed by atoms with Crippen molar-refractivity contribution in [1.29, 1.82) is 0 Å². The minimum atomic E-state index is -3.81. The number of benzene rings is 2. The fourth-order valence-corrected chi connectivity index (χ4v) is 3.12. The van der Waals surface area contributed by atoms with E-state index >= 15 is 0 Å². The summed E-state index contributed by atoms with van der Waals surface area (Å²) in [4.78, 5) is 2.24. The maximum absolute atomic E-state index is 12.3. The van der Waals surface area contributed by atoms with Crippen LogP contribution in [-0.2, 0) is 10.0 Å². The van der Waals surface area contributed by atoms with Crippen LogP contribution in [0, 0.1) is 0 Å². The van der Waals surface area contributed by atoms with Crippen molar-refractivity contribution in [3.8, 4) is 23.0 Å². The largest absolute Gasteiger partial charge is 0.494 e. The number of sulfonamides is 1. The number of ether oxygens (including phenoxy) is 4. The van der Waals surface area contributed by atoms with Gasteiger partial charge in [-0.25, -0.2) is 4.83 Å². The Kier molecular flexibility index (Phi) is 6.89. The van der Waals surface area contributed by atoms with Gasteiger partial charge in [-0.15, -0.1) is 0 Å². The Labute approximate surface area is 158 Å². The molecule has 0 aliphatic heterocycles. The van der Waals surface area contributed by atoms with Crippen molar-refractivity contribution >= 4 is 16.2 Å². The number of hydrazone groups is 1. The Hall–Kier alpha value is -2.94. The van der Waals surface area contributed by atoms with Crippen molar-refractivity contribution in [1.82, 2.24) is 4.83 Å². The molecule has 0 aromatic heterocycles. The number of nitrogens with one attached hydrogen (secondary N) is 1. The average Bonchev–Trinajstić information content (AvgIpc) is 2.67. The highest BCUT2D eigenvalue weighted by Gasteiger charge is 2.16. The van der Waals surface area contributed by atoms with Crippen molar-refractivity contribution in [2.75, 3.05) is 27.9 Å².